The lowest BCUT2D eigenvalue weighted by molar-refractivity contribution is 0.794. The first-order valence-corrected chi connectivity index (χ1v) is 7.39. The molecule has 6 heteroatoms. The first-order valence-electron chi connectivity index (χ1n) is 6.51. The summed E-state index contributed by atoms with van der Waals surface area (Å²) in [5.74, 6) is 1.04. The maximum atomic E-state index is 4.39. The fourth-order valence-corrected chi connectivity index (χ4v) is 3.02. The molecule has 0 aliphatic carbocycles. The lowest BCUT2D eigenvalue weighted by atomic mass is 10.3. The minimum atomic E-state index is 0.982. The predicted molar refractivity (Wildman–Crippen MR) is 77.9 cm³/mol. The standard InChI is InChI=1S/C13H17N5S/c1-11-9-12(16-10-15-11)17-4-2-5-18(7-6-17)13-14-3-8-19-13/h3,8-10H,2,4-7H2,1H3. The maximum Gasteiger partial charge on any atom is 0.185 e. The van der Waals surface area contributed by atoms with Gasteiger partial charge in [0.25, 0.3) is 0 Å². The molecule has 1 aliphatic rings. The summed E-state index contributed by atoms with van der Waals surface area (Å²) in [5.41, 5.74) is 1.02. The van der Waals surface area contributed by atoms with Crippen molar-refractivity contribution in [1.29, 1.82) is 0 Å². The van der Waals surface area contributed by atoms with E-state index in [1.807, 2.05) is 18.5 Å². The first-order chi connectivity index (χ1) is 9.33. The van der Waals surface area contributed by atoms with Crippen LogP contribution in [-0.2, 0) is 0 Å². The van der Waals surface area contributed by atoms with Crippen LogP contribution in [0.2, 0.25) is 0 Å². The van der Waals surface area contributed by atoms with Crippen molar-refractivity contribution in [2.45, 2.75) is 13.3 Å². The average molecular weight is 275 g/mol. The van der Waals surface area contributed by atoms with Gasteiger partial charge in [-0.15, -0.1) is 11.3 Å². The molecule has 2 aromatic heterocycles. The molecule has 1 fully saturated rings. The summed E-state index contributed by atoms with van der Waals surface area (Å²) in [4.78, 5) is 17.6. The van der Waals surface area contributed by atoms with Gasteiger partial charge in [-0.25, -0.2) is 15.0 Å². The summed E-state index contributed by atoms with van der Waals surface area (Å²) < 4.78 is 0. The minimum Gasteiger partial charge on any atom is -0.355 e. The van der Waals surface area contributed by atoms with Crippen LogP contribution in [0.25, 0.3) is 0 Å². The molecule has 3 rings (SSSR count). The van der Waals surface area contributed by atoms with Crippen molar-refractivity contribution in [3.05, 3.63) is 29.7 Å². The normalized spacial score (nSPS) is 16.5. The van der Waals surface area contributed by atoms with Crippen molar-refractivity contribution in [3.8, 4) is 0 Å². The SMILES string of the molecule is Cc1cc(N2CCCN(c3nccs3)CC2)ncn1. The smallest absolute Gasteiger partial charge is 0.185 e. The van der Waals surface area contributed by atoms with Gasteiger partial charge in [-0.3, -0.25) is 0 Å². The van der Waals surface area contributed by atoms with Gasteiger partial charge in [-0.05, 0) is 13.3 Å². The Kier molecular flexibility index (Phi) is 3.59. The summed E-state index contributed by atoms with van der Waals surface area (Å²) in [6, 6.07) is 2.05. The van der Waals surface area contributed by atoms with Crippen molar-refractivity contribution in [2.24, 2.45) is 0 Å². The molecule has 3 heterocycles. The van der Waals surface area contributed by atoms with E-state index in [0.717, 1.165) is 49.2 Å². The third-order valence-corrected chi connectivity index (χ3v) is 4.13. The van der Waals surface area contributed by atoms with Crippen LogP contribution in [0.1, 0.15) is 12.1 Å². The van der Waals surface area contributed by atoms with Gasteiger partial charge in [0.05, 0.1) is 0 Å². The van der Waals surface area contributed by atoms with Crippen LogP contribution in [-0.4, -0.2) is 41.1 Å². The average Bonchev–Trinajstić information content (AvgIpc) is 2.83. The Bertz CT molecular complexity index is 528. The summed E-state index contributed by atoms with van der Waals surface area (Å²) in [7, 11) is 0. The molecule has 0 radical (unpaired) electrons. The molecule has 5 nitrogen and oxygen atoms in total. The largest absolute Gasteiger partial charge is 0.355 e. The quantitative estimate of drug-likeness (QED) is 0.838. The molecule has 0 spiro atoms. The number of aryl methyl sites for hydroxylation is 1. The van der Waals surface area contributed by atoms with Crippen LogP contribution in [0.4, 0.5) is 10.9 Å². The second-order valence-corrected chi connectivity index (χ2v) is 5.53. The lowest BCUT2D eigenvalue weighted by Gasteiger charge is -2.22. The van der Waals surface area contributed by atoms with Crippen molar-refractivity contribution in [3.63, 3.8) is 0 Å². The molecular formula is C13H17N5S. The van der Waals surface area contributed by atoms with Crippen LogP contribution >= 0.6 is 11.3 Å². The monoisotopic (exact) mass is 275 g/mol. The Morgan fingerprint density at radius 1 is 1.05 bits per heavy atom. The molecule has 0 aromatic carbocycles. The van der Waals surface area contributed by atoms with E-state index in [4.69, 9.17) is 0 Å². The summed E-state index contributed by atoms with van der Waals surface area (Å²) in [5, 5.41) is 3.16. The number of nitrogens with zero attached hydrogens (tertiary/aromatic N) is 5. The topological polar surface area (TPSA) is 45.2 Å². The second-order valence-electron chi connectivity index (χ2n) is 4.66. The van der Waals surface area contributed by atoms with E-state index >= 15 is 0 Å². The number of aromatic nitrogens is 3. The van der Waals surface area contributed by atoms with E-state index in [2.05, 4.69) is 30.8 Å². The molecule has 1 saturated heterocycles. The molecule has 0 N–H and O–H groups in total. The molecule has 0 unspecified atom stereocenters. The van der Waals surface area contributed by atoms with E-state index in [-0.39, 0.29) is 0 Å². The number of hydrogen-bond donors (Lipinski definition) is 0. The summed E-state index contributed by atoms with van der Waals surface area (Å²) >= 11 is 1.71. The molecule has 1 aliphatic heterocycles. The van der Waals surface area contributed by atoms with Crippen LogP contribution in [0.3, 0.4) is 0 Å². The lowest BCUT2D eigenvalue weighted by Crippen LogP contribution is -2.31. The Morgan fingerprint density at radius 3 is 2.68 bits per heavy atom. The van der Waals surface area contributed by atoms with Gasteiger partial charge >= 0.3 is 0 Å². The van der Waals surface area contributed by atoms with E-state index in [0.29, 0.717) is 0 Å². The first kappa shape index (κ1) is 12.3. The van der Waals surface area contributed by atoms with Crippen molar-refractivity contribution in [2.75, 3.05) is 36.0 Å². The number of hydrogen-bond acceptors (Lipinski definition) is 6. The van der Waals surface area contributed by atoms with E-state index in [1.54, 1.807) is 17.7 Å². The second kappa shape index (κ2) is 5.52. The highest BCUT2D eigenvalue weighted by atomic mass is 32.1. The molecule has 100 valence electrons. The van der Waals surface area contributed by atoms with Crippen molar-refractivity contribution < 1.29 is 0 Å². The number of thiazole rings is 1. The van der Waals surface area contributed by atoms with Gasteiger partial charge in [0.15, 0.2) is 5.13 Å². The maximum absolute atomic E-state index is 4.39. The zero-order valence-electron chi connectivity index (χ0n) is 11.0. The molecule has 2 aromatic rings. The van der Waals surface area contributed by atoms with E-state index < -0.39 is 0 Å². The molecule has 0 atom stereocenters. The molecule has 0 amide bonds. The van der Waals surface area contributed by atoms with Gasteiger partial charge in [-0.1, -0.05) is 0 Å². The van der Waals surface area contributed by atoms with E-state index in [9.17, 15) is 0 Å². The third kappa shape index (κ3) is 2.84. The Morgan fingerprint density at radius 2 is 1.89 bits per heavy atom. The zero-order chi connectivity index (χ0) is 13.1. The van der Waals surface area contributed by atoms with Crippen LogP contribution in [0, 0.1) is 6.92 Å². The van der Waals surface area contributed by atoms with Crippen LogP contribution in [0.5, 0.6) is 0 Å². The van der Waals surface area contributed by atoms with Crippen LogP contribution in [0.15, 0.2) is 24.0 Å². The van der Waals surface area contributed by atoms with Gasteiger partial charge in [-0.2, -0.15) is 0 Å². The van der Waals surface area contributed by atoms with Gasteiger partial charge in [0.1, 0.15) is 12.1 Å². The molecule has 0 saturated carbocycles. The summed E-state index contributed by atoms with van der Waals surface area (Å²) in [6.07, 6.45) is 4.65. The highest BCUT2D eigenvalue weighted by Gasteiger charge is 2.17. The van der Waals surface area contributed by atoms with Crippen molar-refractivity contribution in [1.82, 2.24) is 15.0 Å². The number of anilines is 2. The fraction of sp³-hybridized carbons (Fsp3) is 0.462. The Balaban J connectivity index is 1.71. The van der Waals surface area contributed by atoms with Gasteiger partial charge in [0, 0.05) is 49.5 Å². The Hall–Kier alpha value is -1.69. The van der Waals surface area contributed by atoms with Crippen LogP contribution < -0.4 is 9.80 Å². The molecular weight excluding hydrogens is 258 g/mol. The fourth-order valence-electron chi connectivity index (χ4n) is 2.32. The highest BCUT2D eigenvalue weighted by molar-refractivity contribution is 7.13. The molecule has 0 bridgehead atoms. The van der Waals surface area contributed by atoms with Gasteiger partial charge in [0.2, 0.25) is 0 Å². The summed E-state index contributed by atoms with van der Waals surface area (Å²) in [6.45, 7) is 6.09. The van der Waals surface area contributed by atoms with Gasteiger partial charge < -0.3 is 9.80 Å². The third-order valence-electron chi connectivity index (χ3n) is 3.30. The Labute approximate surface area is 116 Å². The number of rotatable bonds is 2. The highest BCUT2D eigenvalue weighted by Crippen LogP contribution is 2.20. The van der Waals surface area contributed by atoms with E-state index in [1.165, 1.54) is 0 Å². The zero-order valence-corrected chi connectivity index (χ0v) is 11.8. The molecule has 19 heavy (non-hydrogen) atoms. The van der Waals surface area contributed by atoms with Crippen molar-refractivity contribution >= 4 is 22.3 Å². The minimum absolute atomic E-state index is 0.982. The predicted octanol–water partition coefficient (Wildman–Crippen LogP) is 1.96.